The summed E-state index contributed by atoms with van der Waals surface area (Å²) in [7, 11) is 0. The number of pyridine rings is 1. The normalized spacial score (nSPS) is 10.5. The zero-order chi connectivity index (χ0) is 18.7. The predicted octanol–water partition coefficient (Wildman–Crippen LogP) is 4.97. The molecular weight excluding hydrogens is 336 g/mol. The van der Waals surface area contributed by atoms with Crippen LogP contribution in [0.2, 0.25) is 0 Å². The monoisotopic (exact) mass is 353 g/mol. The number of hydrogen-bond donors (Lipinski definition) is 2. The standard InChI is InChI=1S/C20H17F2N3O/c1-12-6-7-15(10-13(12)2)24-18-11-14(8-9-23-18)20(26)25-19-16(21)4-3-5-17(19)22/h3-11H,1-2H3,(H,23,24)(H,25,26). The van der Waals surface area contributed by atoms with E-state index in [1.54, 1.807) is 0 Å². The van der Waals surface area contributed by atoms with Gasteiger partial charge in [0.15, 0.2) is 0 Å². The summed E-state index contributed by atoms with van der Waals surface area (Å²) in [6.45, 7) is 4.02. The van der Waals surface area contributed by atoms with Gasteiger partial charge < -0.3 is 10.6 Å². The van der Waals surface area contributed by atoms with Crippen LogP contribution in [0.5, 0.6) is 0 Å². The number of para-hydroxylation sites is 1. The molecule has 0 fully saturated rings. The van der Waals surface area contributed by atoms with Crippen molar-refractivity contribution in [1.29, 1.82) is 0 Å². The molecule has 0 aliphatic heterocycles. The van der Waals surface area contributed by atoms with Gasteiger partial charge in [0.2, 0.25) is 0 Å². The summed E-state index contributed by atoms with van der Waals surface area (Å²) in [6, 6.07) is 12.2. The van der Waals surface area contributed by atoms with Gasteiger partial charge in [-0.15, -0.1) is 0 Å². The number of nitrogens with zero attached hydrogens (tertiary/aromatic N) is 1. The molecule has 0 aliphatic carbocycles. The topological polar surface area (TPSA) is 54.0 Å². The zero-order valence-corrected chi connectivity index (χ0v) is 14.3. The van der Waals surface area contributed by atoms with Crippen molar-refractivity contribution in [3.63, 3.8) is 0 Å². The van der Waals surface area contributed by atoms with Crippen molar-refractivity contribution >= 4 is 23.1 Å². The number of hydrogen-bond acceptors (Lipinski definition) is 3. The van der Waals surface area contributed by atoms with Gasteiger partial charge in [-0.3, -0.25) is 4.79 Å². The Morgan fingerprint density at radius 3 is 2.38 bits per heavy atom. The quantitative estimate of drug-likeness (QED) is 0.696. The second kappa shape index (κ2) is 7.31. The van der Waals surface area contributed by atoms with Crippen LogP contribution in [0, 0.1) is 25.5 Å². The molecule has 1 amide bonds. The first-order chi connectivity index (χ1) is 12.4. The second-order valence-electron chi connectivity index (χ2n) is 5.90. The van der Waals surface area contributed by atoms with Gasteiger partial charge in [-0.1, -0.05) is 12.1 Å². The van der Waals surface area contributed by atoms with Crippen molar-refractivity contribution in [1.82, 2.24) is 4.98 Å². The van der Waals surface area contributed by atoms with E-state index in [0.717, 1.165) is 23.4 Å². The Hall–Kier alpha value is -3.28. The van der Waals surface area contributed by atoms with Crippen LogP contribution in [0.4, 0.5) is 26.0 Å². The minimum absolute atomic E-state index is 0.231. The average Bonchev–Trinajstić information content (AvgIpc) is 2.61. The number of nitrogens with one attached hydrogen (secondary N) is 2. The highest BCUT2D eigenvalue weighted by atomic mass is 19.1. The van der Waals surface area contributed by atoms with Gasteiger partial charge >= 0.3 is 0 Å². The average molecular weight is 353 g/mol. The van der Waals surface area contributed by atoms with E-state index in [4.69, 9.17) is 0 Å². The van der Waals surface area contributed by atoms with Gasteiger partial charge in [0.1, 0.15) is 23.1 Å². The zero-order valence-electron chi connectivity index (χ0n) is 14.3. The van der Waals surface area contributed by atoms with Crippen LogP contribution in [0.1, 0.15) is 21.5 Å². The molecule has 0 saturated carbocycles. The fraction of sp³-hybridized carbons (Fsp3) is 0.100. The number of halogens is 2. The highest BCUT2D eigenvalue weighted by molar-refractivity contribution is 6.04. The van der Waals surface area contributed by atoms with E-state index < -0.39 is 23.2 Å². The second-order valence-corrected chi connectivity index (χ2v) is 5.90. The molecule has 2 aromatic carbocycles. The molecule has 0 aliphatic rings. The minimum Gasteiger partial charge on any atom is -0.340 e. The largest absolute Gasteiger partial charge is 0.340 e. The molecule has 26 heavy (non-hydrogen) atoms. The van der Waals surface area contributed by atoms with Crippen LogP contribution in [0.25, 0.3) is 0 Å². The molecule has 1 aromatic heterocycles. The lowest BCUT2D eigenvalue weighted by molar-refractivity contribution is 0.102. The Bertz CT molecular complexity index is 953. The van der Waals surface area contributed by atoms with Gasteiger partial charge in [0.25, 0.3) is 5.91 Å². The summed E-state index contributed by atoms with van der Waals surface area (Å²) in [6.07, 6.45) is 1.45. The fourth-order valence-electron chi connectivity index (χ4n) is 2.41. The van der Waals surface area contributed by atoms with Crippen LogP contribution < -0.4 is 10.6 Å². The number of aryl methyl sites for hydroxylation is 2. The molecule has 0 unspecified atom stereocenters. The number of amides is 1. The van der Waals surface area contributed by atoms with E-state index in [9.17, 15) is 13.6 Å². The van der Waals surface area contributed by atoms with Gasteiger partial charge in [-0.05, 0) is 61.4 Å². The van der Waals surface area contributed by atoms with Crippen LogP contribution >= 0.6 is 0 Å². The number of benzene rings is 2. The summed E-state index contributed by atoms with van der Waals surface area (Å²) in [5, 5.41) is 5.37. The number of anilines is 3. The lowest BCUT2D eigenvalue weighted by Gasteiger charge is -2.10. The highest BCUT2D eigenvalue weighted by Gasteiger charge is 2.14. The molecule has 0 atom stereocenters. The predicted molar refractivity (Wildman–Crippen MR) is 97.7 cm³/mol. The highest BCUT2D eigenvalue weighted by Crippen LogP contribution is 2.21. The Balaban J connectivity index is 1.80. The summed E-state index contributed by atoms with van der Waals surface area (Å²) in [5.74, 6) is -1.84. The molecule has 0 spiro atoms. The van der Waals surface area contributed by atoms with E-state index in [2.05, 4.69) is 15.6 Å². The molecule has 3 rings (SSSR count). The Morgan fingerprint density at radius 2 is 1.69 bits per heavy atom. The van der Waals surface area contributed by atoms with Gasteiger partial charge in [0, 0.05) is 17.4 Å². The summed E-state index contributed by atoms with van der Waals surface area (Å²) >= 11 is 0. The lowest BCUT2D eigenvalue weighted by atomic mass is 10.1. The Kier molecular flexibility index (Phi) is 4.93. The first-order valence-corrected chi connectivity index (χ1v) is 8.00. The van der Waals surface area contributed by atoms with Crippen LogP contribution in [0.15, 0.2) is 54.7 Å². The summed E-state index contributed by atoms with van der Waals surface area (Å²) < 4.78 is 27.4. The van der Waals surface area contributed by atoms with Gasteiger partial charge in [0.05, 0.1) is 0 Å². The van der Waals surface area contributed by atoms with Crippen molar-refractivity contribution in [3.8, 4) is 0 Å². The molecule has 6 heteroatoms. The lowest BCUT2D eigenvalue weighted by Crippen LogP contribution is -2.14. The summed E-state index contributed by atoms with van der Waals surface area (Å²) in [5.41, 5.74) is 2.88. The van der Waals surface area contributed by atoms with Gasteiger partial charge in [-0.2, -0.15) is 0 Å². The third-order valence-corrected chi connectivity index (χ3v) is 4.00. The fourth-order valence-corrected chi connectivity index (χ4v) is 2.41. The smallest absolute Gasteiger partial charge is 0.256 e. The van der Waals surface area contributed by atoms with Crippen molar-refractivity contribution in [2.24, 2.45) is 0 Å². The maximum atomic E-state index is 13.7. The number of rotatable bonds is 4. The molecule has 1 heterocycles. The maximum absolute atomic E-state index is 13.7. The molecule has 132 valence electrons. The first-order valence-electron chi connectivity index (χ1n) is 8.00. The molecule has 0 bridgehead atoms. The molecule has 0 radical (unpaired) electrons. The van der Waals surface area contributed by atoms with E-state index >= 15 is 0 Å². The third kappa shape index (κ3) is 3.85. The Morgan fingerprint density at radius 1 is 0.962 bits per heavy atom. The third-order valence-electron chi connectivity index (χ3n) is 4.00. The minimum atomic E-state index is -0.833. The van der Waals surface area contributed by atoms with E-state index in [-0.39, 0.29) is 5.56 Å². The maximum Gasteiger partial charge on any atom is 0.256 e. The first kappa shape index (κ1) is 17.5. The van der Waals surface area contributed by atoms with Gasteiger partial charge in [-0.25, -0.2) is 13.8 Å². The van der Waals surface area contributed by atoms with Crippen LogP contribution in [-0.2, 0) is 0 Å². The van der Waals surface area contributed by atoms with E-state index in [0.29, 0.717) is 5.82 Å². The Labute approximate surface area is 149 Å². The van der Waals surface area contributed by atoms with Crippen LogP contribution in [0.3, 0.4) is 0 Å². The molecule has 0 saturated heterocycles. The number of carbonyl (C=O) groups excluding carboxylic acids is 1. The molecular formula is C20H17F2N3O. The van der Waals surface area contributed by atoms with Crippen molar-refractivity contribution in [2.45, 2.75) is 13.8 Å². The van der Waals surface area contributed by atoms with E-state index in [1.165, 1.54) is 30.0 Å². The van der Waals surface area contributed by atoms with E-state index in [1.807, 2.05) is 32.0 Å². The molecule has 2 N–H and O–H groups in total. The van der Waals surface area contributed by atoms with Crippen molar-refractivity contribution in [3.05, 3.63) is 83.1 Å². The molecule has 4 nitrogen and oxygen atoms in total. The van der Waals surface area contributed by atoms with Crippen molar-refractivity contribution < 1.29 is 13.6 Å². The summed E-state index contributed by atoms with van der Waals surface area (Å²) in [4.78, 5) is 16.5. The number of carbonyl (C=O) groups is 1. The van der Waals surface area contributed by atoms with Crippen molar-refractivity contribution in [2.75, 3.05) is 10.6 Å². The number of aromatic nitrogens is 1. The van der Waals surface area contributed by atoms with Crippen LogP contribution in [-0.4, -0.2) is 10.9 Å². The molecule has 3 aromatic rings. The SMILES string of the molecule is Cc1ccc(Nc2cc(C(=O)Nc3c(F)cccc3F)ccn2)cc1C.